The van der Waals surface area contributed by atoms with Gasteiger partial charge in [-0.2, -0.15) is 0 Å². The van der Waals surface area contributed by atoms with Gasteiger partial charge >= 0.3 is 83.3 Å². The average molecular weight is 224 g/mol. The van der Waals surface area contributed by atoms with Gasteiger partial charge in [0, 0.05) is 0 Å². The predicted molar refractivity (Wildman–Crippen MR) is 56.3 cm³/mol. The van der Waals surface area contributed by atoms with Crippen LogP contribution in [0.1, 0.15) is 6.42 Å². The summed E-state index contributed by atoms with van der Waals surface area (Å²) in [6.45, 7) is 4.47. The first kappa shape index (κ1) is 13.7. The van der Waals surface area contributed by atoms with E-state index in [-0.39, 0.29) is 23.0 Å². The van der Waals surface area contributed by atoms with Crippen LogP contribution in [-0.2, 0) is 4.79 Å². The topological polar surface area (TPSA) is 77.8 Å². The molecule has 0 aromatic rings. The number of ketones is 1. The molecule has 0 aliphatic heterocycles. The van der Waals surface area contributed by atoms with Crippen molar-refractivity contribution < 1.29 is 23.7 Å². The maximum absolute atomic E-state index is 10.9. The van der Waals surface area contributed by atoms with E-state index < -0.39 is 7.43 Å². The van der Waals surface area contributed by atoms with Gasteiger partial charge in [0.25, 0.3) is 0 Å². The zero-order valence-electron chi connectivity index (χ0n) is 8.84. The van der Waals surface area contributed by atoms with E-state index in [0.29, 0.717) is 0 Å². The summed E-state index contributed by atoms with van der Waals surface area (Å²) in [5.74, 6) is -0.184. The number of hydrogen-bond donors (Lipinski definition) is 3. The monoisotopic (exact) mass is 224 g/mol. The van der Waals surface area contributed by atoms with Crippen LogP contribution in [0.25, 0.3) is 0 Å². The Kier molecular flexibility index (Phi) is 3.60. The number of nitrogens with zero attached hydrogens (tertiary/aromatic N) is 1. The molecule has 0 saturated heterocycles. The standard InChI is InChI=1S/C8H19NO4P/c1-5-8(10)6-7-9(2,3)14(4,11,12)13/h5,11-13H,1,6-7H2,2-4H3/q+1. The maximum atomic E-state index is 10.9. The summed E-state index contributed by atoms with van der Waals surface area (Å²) in [5, 5.41) is 0. The first-order chi connectivity index (χ1) is 5.97. The molecule has 0 unspecified atom stereocenters. The number of rotatable bonds is 5. The Bertz CT molecular complexity index is 245. The number of allylic oxidation sites excluding steroid dienone is 1. The predicted octanol–water partition coefficient (Wildman–Crippen LogP) is 0.0280. The van der Waals surface area contributed by atoms with Crippen molar-refractivity contribution in [2.45, 2.75) is 6.42 Å². The van der Waals surface area contributed by atoms with Crippen LogP contribution in [0.15, 0.2) is 12.7 Å². The molecule has 84 valence electrons. The molecule has 0 fully saturated rings. The SMILES string of the molecule is C=CC(=O)CC[N+](C)(C)P(C)(O)(O)O. The van der Waals surface area contributed by atoms with Crippen LogP contribution in [-0.4, -0.2) is 52.0 Å². The van der Waals surface area contributed by atoms with E-state index in [0.717, 1.165) is 6.66 Å². The van der Waals surface area contributed by atoms with Crippen LogP contribution in [0, 0.1) is 0 Å². The number of carbonyl (C=O) groups excluding carboxylic acids is 1. The van der Waals surface area contributed by atoms with Gasteiger partial charge in [0.1, 0.15) is 0 Å². The summed E-state index contributed by atoms with van der Waals surface area (Å²) in [5.41, 5.74) is 0. The van der Waals surface area contributed by atoms with Gasteiger partial charge < -0.3 is 0 Å². The molecule has 0 aromatic carbocycles. The molecular formula is C8H19NO4P+. The average Bonchev–Trinajstić information content (AvgIpc) is 1.96. The van der Waals surface area contributed by atoms with Gasteiger partial charge in [-0.15, -0.1) is 0 Å². The normalized spacial score (nSPS) is 15.7. The van der Waals surface area contributed by atoms with E-state index in [1.54, 1.807) is 0 Å². The van der Waals surface area contributed by atoms with Gasteiger partial charge in [-0.3, -0.25) is 0 Å². The summed E-state index contributed by atoms with van der Waals surface area (Å²) < 4.78 is -0.384. The van der Waals surface area contributed by atoms with Crippen LogP contribution in [0.4, 0.5) is 0 Å². The summed E-state index contributed by atoms with van der Waals surface area (Å²) in [6, 6.07) is 0. The Morgan fingerprint density at radius 3 is 2.14 bits per heavy atom. The fraction of sp³-hybridized carbons (Fsp3) is 0.625. The quantitative estimate of drug-likeness (QED) is 0.454. The second-order valence-corrected chi connectivity index (χ2v) is 7.86. The van der Waals surface area contributed by atoms with Gasteiger partial charge in [0.15, 0.2) is 0 Å². The third kappa shape index (κ3) is 3.44. The van der Waals surface area contributed by atoms with Crippen LogP contribution in [0.2, 0.25) is 0 Å². The molecule has 0 atom stereocenters. The van der Waals surface area contributed by atoms with E-state index in [1.807, 2.05) is 0 Å². The van der Waals surface area contributed by atoms with E-state index in [9.17, 15) is 19.5 Å². The van der Waals surface area contributed by atoms with Crippen molar-refractivity contribution in [1.29, 1.82) is 0 Å². The molecule has 0 aliphatic carbocycles. The van der Waals surface area contributed by atoms with E-state index in [2.05, 4.69) is 6.58 Å². The Labute approximate surface area is 84.1 Å². The Balaban J connectivity index is 4.52. The van der Waals surface area contributed by atoms with Gasteiger partial charge in [0.2, 0.25) is 0 Å². The van der Waals surface area contributed by atoms with Crippen LogP contribution < -0.4 is 0 Å². The molecule has 0 radical (unpaired) electrons. The summed E-state index contributed by atoms with van der Waals surface area (Å²) in [7, 11) is -1.75. The first-order valence-electron chi connectivity index (χ1n) is 4.21. The van der Waals surface area contributed by atoms with E-state index >= 15 is 0 Å². The molecule has 0 aromatic heterocycles. The van der Waals surface area contributed by atoms with Crippen molar-refractivity contribution in [3.63, 3.8) is 0 Å². The van der Waals surface area contributed by atoms with Crippen molar-refractivity contribution >= 4 is 13.2 Å². The minimum atomic E-state index is -4.68. The molecule has 5 nitrogen and oxygen atoms in total. The third-order valence-electron chi connectivity index (χ3n) is 2.40. The molecule has 14 heavy (non-hydrogen) atoms. The van der Waals surface area contributed by atoms with Crippen molar-refractivity contribution in [2.24, 2.45) is 0 Å². The minimum absolute atomic E-state index is 0.129. The van der Waals surface area contributed by atoms with E-state index in [4.69, 9.17) is 0 Å². The number of carbonyl (C=O) groups is 1. The molecule has 6 heteroatoms. The molecule has 0 saturated carbocycles. The van der Waals surface area contributed by atoms with Crippen LogP contribution in [0.3, 0.4) is 0 Å². The summed E-state index contributed by atoms with van der Waals surface area (Å²) >= 11 is 0. The molecule has 0 aliphatic rings. The Morgan fingerprint density at radius 2 is 1.86 bits per heavy atom. The van der Waals surface area contributed by atoms with Crippen molar-refractivity contribution in [3.05, 3.63) is 12.7 Å². The number of hydrogen-bond acceptors (Lipinski definition) is 4. The van der Waals surface area contributed by atoms with Crippen LogP contribution in [0.5, 0.6) is 0 Å². The van der Waals surface area contributed by atoms with Gasteiger partial charge in [-0.25, -0.2) is 0 Å². The van der Waals surface area contributed by atoms with E-state index in [1.165, 1.54) is 20.2 Å². The Hall–Kier alpha value is -0.320. The molecule has 0 bridgehead atoms. The summed E-state index contributed by atoms with van der Waals surface area (Å²) in [4.78, 5) is 39.4. The van der Waals surface area contributed by atoms with Crippen LogP contribution >= 0.6 is 7.43 Å². The first-order valence-corrected chi connectivity index (χ1v) is 6.71. The number of quaternary nitrogens is 1. The van der Waals surface area contributed by atoms with Crippen molar-refractivity contribution in [2.75, 3.05) is 27.3 Å². The fourth-order valence-corrected chi connectivity index (χ4v) is 1.29. The Morgan fingerprint density at radius 1 is 1.43 bits per heavy atom. The van der Waals surface area contributed by atoms with Crippen molar-refractivity contribution in [1.82, 2.24) is 0 Å². The molecule has 0 heterocycles. The van der Waals surface area contributed by atoms with Crippen molar-refractivity contribution in [3.8, 4) is 0 Å². The van der Waals surface area contributed by atoms with Gasteiger partial charge in [0.05, 0.1) is 0 Å². The molecule has 0 amide bonds. The molecular weight excluding hydrogens is 205 g/mol. The zero-order chi connectivity index (χ0) is 11.6. The molecule has 0 rings (SSSR count). The summed E-state index contributed by atoms with van der Waals surface area (Å²) in [6.07, 6.45) is 1.31. The van der Waals surface area contributed by atoms with Gasteiger partial charge in [-0.1, -0.05) is 0 Å². The molecule has 3 N–H and O–H groups in total. The second-order valence-electron chi connectivity index (χ2n) is 4.10. The molecule has 0 spiro atoms. The fourth-order valence-electron chi connectivity index (χ4n) is 0.720. The van der Waals surface area contributed by atoms with Gasteiger partial charge in [-0.05, 0) is 0 Å². The zero-order valence-corrected chi connectivity index (χ0v) is 9.74. The second kappa shape index (κ2) is 3.68. The third-order valence-corrected chi connectivity index (χ3v) is 5.14.